The van der Waals surface area contributed by atoms with Crippen LogP contribution >= 0.6 is 0 Å². The molecule has 0 spiro atoms. The summed E-state index contributed by atoms with van der Waals surface area (Å²) in [5.74, 6) is -0.404. The third-order valence-corrected chi connectivity index (χ3v) is 2.26. The number of hydrogen-bond acceptors (Lipinski definition) is 4. The van der Waals surface area contributed by atoms with Crippen molar-refractivity contribution in [3.63, 3.8) is 0 Å². The second-order valence-electron chi connectivity index (χ2n) is 3.75. The lowest BCUT2D eigenvalue weighted by Crippen LogP contribution is -2.24. The highest BCUT2D eigenvalue weighted by Crippen LogP contribution is 2.00. The van der Waals surface area contributed by atoms with E-state index in [1.807, 2.05) is 30.3 Å². The highest BCUT2D eigenvalue weighted by molar-refractivity contribution is 5.91. The highest BCUT2D eigenvalue weighted by atomic mass is 16.6. The van der Waals surface area contributed by atoms with Crippen LogP contribution in [0, 0.1) is 6.92 Å². The molecule has 1 amide bonds. The summed E-state index contributed by atoms with van der Waals surface area (Å²) in [5, 5.41) is 0. The topological polar surface area (TPSA) is 64.1 Å². The first kappa shape index (κ1) is 12.2. The minimum atomic E-state index is -0.404. The minimum Gasteiger partial charge on any atom is -0.269 e. The molecule has 0 aliphatic rings. The lowest BCUT2D eigenvalue weighted by Gasteiger charge is -2.05. The van der Waals surface area contributed by atoms with Crippen molar-refractivity contribution >= 4 is 5.91 Å². The first-order chi connectivity index (χ1) is 8.75. The van der Waals surface area contributed by atoms with Crippen molar-refractivity contribution in [2.45, 2.75) is 13.5 Å². The number of aromatic nitrogens is 2. The average molecular weight is 243 g/mol. The Hall–Kier alpha value is -2.27. The van der Waals surface area contributed by atoms with Gasteiger partial charge in [-0.2, -0.15) is 0 Å². The lowest BCUT2D eigenvalue weighted by molar-refractivity contribution is 0.0229. The summed E-state index contributed by atoms with van der Waals surface area (Å²) in [6.45, 7) is 2.12. The molecule has 18 heavy (non-hydrogen) atoms. The van der Waals surface area contributed by atoms with Gasteiger partial charge in [-0.15, -0.1) is 0 Å². The molecule has 5 nitrogen and oxygen atoms in total. The van der Waals surface area contributed by atoms with Crippen LogP contribution in [0.4, 0.5) is 0 Å². The van der Waals surface area contributed by atoms with Crippen molar-refractivity contribution in [3.8, 4) is 0 Å². The maximum Gasteiger partial charge on any atom is 0.295 e. The Morgan fingerprint density at radius 1 is 1.22 bits per heavy atom. The van der Waals surface area contributed by atoms with Gasteiger partial charge in [-0.05, 0) is 12.5 Å². The fraction of sp³-hybridized carbons (Fsp3) is 0.154. The van der Waals surface area contributed by atoms with Crippen LogP contribution in [0.25, 0.3) is 0 Å². The van der Waals surface area contributed by atoms with Crippen LogP contribution in [0.15, 0.2) is 42.7 Å². The molecule has 0 saturated carbocycles. The number of benzene rings is 1. The molecule has 92 valence electrons. The molecular formula is C13H13N3O2. The number of nitrogens with zero attached hydrogens (tertiary/aromatic N) is 2. The predicted octanol–water partition coefficient (Wildman–Crippen LogP) is 1.65. The largest absolute Gasteiger partial charge is 0.295 e. The quantitative estimate of drug-likeness (QED) is 0.829. The van der Waals surface area contributed by atoms with Crippen LogP contribution in [-0.2, 0) is 11.4 Å². The number of amides is 1. The van der Waals surface area contributed by atoms with Crippen LogP contribution in [0.2, 0.25) is 0 Å². The Bertz CT molecular complexity index is 512. The van der Waals surface area contributed by atoms with E-state index in [1.165, 1.54) is 12.4 Å². The average Bonchev–Trinajstić information content (AvgIpc) is 2.40. The van der Waals surface area contributed by atoms with E-state index < -0.39 is 5.91 Å². The van der Waals surface area contributed by atoms with E-state index in [0.717, 1.165) is 11.3 Å². The molecule has 0 radical (unpaired) electrons. The molecule has 1 N–H and O–H groups in total. The van der Waals surface area contributed by atoms with E-state index in [4.69, 9.17) is 4.84 Å². The van der Waals surface area contributed by atoms with Crippen LogP contribution in [0.1, 0.15) is 21.7 Å². The van der Waals surface area contributed by atoms with E-state index in [2.05, 4.69) is 15.4 Å². The maximum atomic E-state index is 11.6. The second-order valence-corrected chi connectivity index (χ2v) is 3.75. The zero-order valence-corrected chi connectivity index (χ0v) is 9.96. The van der Waals surface area contributed by atoms with Gasteiger partial charge in [0.1, 0.15) is 5.69 Å². The molecule has 1 aromatic carbocycles. The fourth-order valence-corrected chi connectivity index (χ4v) is 1.32. The normalized spacial score (nSPS) is 10.1. The van der Waals surface area contributed by atoms with Gasteiger partial charge in [0.05, 0.1) is 18.5 Å². The van der Waals surface area contributed by atoms with Gasteiger partial charge in [-0.1, -0.05) is 30.3 Å². The third kappa shape index (κ3) is 3.36. The van der Waals surface area contributed by atoms with Crippen LogP contribution in [0.5, 0.6) is 0 Å². The molecule has 0 atom stereocenters. The Kier molecular flexibility index (Phi) is 3.98. The number of hydroxylamine groups is 1. The summed E-state index contributed by atoms with van der Waals surface area (Å²) in [6, 6.07) is 9.57. The second kappa shape index (κ2) is 5.88. The fourth-order valence-electron chi connectivity index (χ4n) is 1.32. The Balaban J connectivity index is 1.84. The van der Waals surface area contributed by atoms with Crippen LogP contribution < -0.4 is 5.48 Å². The number of carbonyl (C=O) groups is 1. The monoisotopic (exact) mass is 243 g/mol. The Morgan fingerprint density at radius 2 is 2.00 bits per heavy atom. The van der Waals surface area contributed by atoms with Gasteiger partial charge < -0.3 is 0 Å². The molecule has 5 heteroatoms. The van der Waals surface area contributed by atoms with E-state index >= 15 is 0 Å². The summed E-state index contributed by atoms with van der Waals surface area (Å²) < 4.78 is 0. The van der Waals surface area contributed by atoms with Gasteiger partial charge in [0.25, 0.3) is 5.91 Å². The molecule has 0 aliphatic carbocycles. The summed E-state index contributed by atoms with van der Waals surface area (Å²) in [6.07, 6.45) is 2.95. The zero-order chi connectivity index (χ0) is 12.8. The molecule has 0 fully saturated rings. The van der Waals surface area contributed by atoms with Crippen LogP contribution in [-0.4, -0.2) is 15.9 Å². The number of nitrogens with one attached hydrogen (secondary N) is 1. The predicted molar refractivity (Wildman–Crippen MR) is 65.5 cm³/mol. The third-order valence-electron chi connectivity index (χ3n) is 2.26. The number of carbonyl (C=O) groups excluding carboxylic acids is 1. The summed E-state index contributed by atoms with van der Waals surface area (Å²) in [7, 11) is 0. The van der Waals surface area contributed by atoms with E-state index in [9.17, 15) is 4.79 Å². The first-order valence-corrected chi connectivity index (χ1v) is 5.50. The number of rotatable bonds is 4. The van der Waals surface area contributed by atoms with Crippen molar-refractivity contribution in [1.29, 1.82) is 0 Å². The zero-order valence-electron chi connectivity index (χ0n) is 9.96. The molecule has 2 aromatic rings. The van der Waals surface area contributed by atoms with Gasteiger partial charge in [-0.3, -0.25) is 14.6 Å². The van der Waals surface area contributed by atoms with E-state index in [-0.39, 0.29) is 5.69 Å². The summed E-state index contributed by atoms with van der Waals surface area (Å²) in [5.41, 5.74) is 4.30. The highest BCUT2D eigenvalue weighted by Gasteiger charge is 2.06. The van der Waals surface area contributed by atoms with E-state index in [0.29, 0.717) is 6.61 Å². The molecule has 0 unspecified atom stereocenters. The molecule has 2 rings (SSSR count). The molecular weight excluding hydrogens is 230 g/mol. The van der Waals surface area contributed by atoms with E-state index in [1.54, 1.807) is 6.92 Å². The van der Waals surface area contributed by atoms with Gasteiger partial charge in [0.2, 0.25) is 0 Å². The summed E-state index contributed by atoms with van der Waals surface area (Å²) >= 11 is 0. The first-order valence-electron chi connectivity index (χ1n) is 5.50. The van der Waals surface area contributed by atoms with Gasteiger partial charge in [0.15, 0.2) is 0 Å². The minimum absolute atomic E-state index is 0.230. The molecule has 0 aliphatic heterocycles. The van der Waals surface area contributed by atoms with Crippen molar-refractivity contribution in [2.24, 2.45) is 0 Å². The molecule has 1 aromatic heterocycles. The SMILES string of the molecule is Cc1cnc(C(=O)NOCc2ccccc2)cn1. The van der Waals surface area contributed by atoms with Crippen LogP contribution in [0.3, 0.4) is 0 Å². The smallest absolute Gasteiger partial charge is 0.269 e. The molecule has 1 heterocycles. The van der Waals surface area contributed by atoms with Gasteiger partial charge in [0, 0.05) is 6.20 Å². The van der Waals surface area contributed by atoms with Crippen molar-refractivity contribution in [3.05, 3.63) is 59.7 Å². The Morgan fingerprint density at radius 3 is 2.67 bits per heavy atom. The maximum absolute atomic E-state index is 11.6. The Labute approximate surface area is 105 Å². The van der Waals surface area contributed by atoms with Crippen molar-refractivity contribution in [1.82, 2.24) is 15.4 Å². The van der Waals surface area contributed by atoms with Gasteiger partial charge in [-0.25, -0.2) is 10.5 Å². The summed E-state index contributed by atoms with van der Waals surface area (Å²) in [4.78, 5) is 24.6. The lowest BCUT2D eigenvalue weighted by atomic mass is 10.2. The van der Waals surface area contributed by atoms with Crippen molar-refractivity contribution in [2.75, 3.05) is 0 Å². The van der Waals surface area contributed by atoms with Gasteiger partial charge >= 0.3 is 0 Å². The molecule has 0 saturated heterocycles. The van der Waals surface area contributed by atoms with Crippen molar-refractivity contribution < 1.29 is 9.63 Å². The standard InChI is InChI=1S/C13H13N3O2/c1-10-7-15-12(8-14-10)13(17)16-18-9-11-5-3-2-4-6-11/h2-8H,9H2,1H3,(H,16,17). The number of hydrogen-bond donors (Lipinski definition) is 1. The molecule has 0 bridgehead atoms. The number of aryl methyl sites for hydroxylation is 1.